The molecule has 11 heteroatoms. The van der Waals surface area contributed by atoms with Crippen molar-refractivity contribution in [3.8, 4) is 0 Å². The Morgan fingerprint density at radius 3 is 2.14 bits per heavy atom. The lowest BCUT2D eigenvalue weighted by Gasteiger charge is -2.34. The summed E-state index contributed by atoms with van der Waals surface area (Å²) in [6.07, 6.45) is -2.63. The van der Waals surface area contributed by atoms with Gasteiger partial charge in [0.15, 0.2) is 5.43 Å². The predicted octanol–water partition coefficient (Wildman–Crippen LogP) is 7.81. The highest BCUT2D eigenvalue weighted by Crippen LogP contribution is 2.32. The van der Waals surface area contributed by atoms with E-state index in [9.17, 15) is 22.4 Å². The molecule has 0 aliphatic carbocycles. The van der Waals surface area contributed by atoms with Crippen LogP contribution in [-0.4, -0.2) is 56.4 Å². The Bertz CT molecular complexity index is 1840. The van der Waals surface area contributed by atoms with Gasteiger partial charge in [-0.15, -0.1) is 0 Å². The minimum absolute atomic E-state index is 0.0101. The molecule has 49 heavy (non-hydrogen) atoms. The second-order valence-corrected chi connectivity index (χ2v) is 13.1. The number of benzene rings is 3. The lowest BCUT2D eigenvalue weighted by Crippen LogP contribution is -2.44. The maximum Gasteiger partial charge on any atom is 0.416 e. The summed E-state index contributed by atoms with van der Waals surface area (Å²) < 4.78 is 75.9. The summed E-state index contributed by atoms with van der Waals surface area (Å²) in [6, 6.07) is 15.5. The number of methoxy groups -OCH3 is 1. The molecule has 1 saturated heterocycles. The first kappa shape index (κ1) is 37.6. The molecule has 6 nitrogen and oxygen atoms in total. The summed E-state index contributed by atoms with van der Waals surface area (Å²) in [5, 5.41) is 0.0621. The number of ether oxygens (including phenoxy) is 1. The zero-order valence-electron chi connectivity index (χ0n) is 28.9. The molecule has 264 valence electrons. The van der Waals surface area contributed by atoms with Crippen LogP contribution < -0.4 is 16.1 Å². The Kier molecular flexibility index (Phi) is 11.9. The van der Waals surface area contributed by atoms with Gasteiger partial charge in [-0.3, -0.25) is 4.79 Å². The highest BCUT2D eigenvalue weighted by atomic mass is 19.4. The van der Waals surface area contributed by atoms with Crippen molar-refractivity contribution >= 4 is 22.3 Å². The number of pyridine rings is 1. The van der Waals surface area contributed by atoms with Gasteiger partial charge in [0.2, 0.25) is 0 Å². The van der Waals surface area contributed by atoms with E-state index in [-0.39, 0.29) is 34.2 Å². The number of piperazine rings is 1. The molecular formula is C38H45F5N4O2. The summed E-state index contributed by atoms with van der Waals surface area (Å²) >= 11 is 0. The van der Waals surface area contributed by atoms with Gasteiger partial charge in [0.25, 0.3) is 0 Å². The minimum Gasteiger partial charge on any atom is -0.398 e. The molecule has 1 aromatic heterocycles. The van der Waals surface area contributed by atoms with Crippen LogP contribution in [0.15, 0.2) is 77.2 Å². The first-order chi connectivity index (χ1) is 23.1. The Balaban J connectivity index is 0.000000380. The molecule has 2 N–H and O–H groups in total. The molecule has 0 atom stereocenters. The molecule has 1 fully saturated rings. The molecule has 5 rings (SSSR count). The first-order valence-electron chi connectivity index (χ1n) is 16.2. The quantitative estimate of drug-likeness (QED) is 0.192. The highest BCUT2D eigenvalue weighted by molar-refractivity contribution is 5.86. The van der Waals surface area contributed by atoms with Crippen molar-refractivity contribution in [3.63, 3.8) is 0 Å². The SMILES string of the molecule is CCC(C)=C(N)c1cn(Cc2ccc(C(F)(F)F)cc2F)c2cc(N3CCN(C)CC3)c(F)cc2c1=O.COCC(C)(C)c1ccccc1. The number of likely N-dealkylation sites (N-methyl/N-ethyl adjacent to an activating group) is 1. The largest absolute Gasteiger partial charge is 0.416 e. The average molecular weight is 685 g/mol. The van der Waals surface area contributed by atoms with Crippen LogP contribution in [0.2, 0.25) is 0 Å². The van der Waals surface area contributed by atoms with Gasteiger partial charge < -0.3 is 24.8 Å². The number of allylic oxidation sites excluding steroid dienone is 1. The van der Waals surface area contributed by atoms with E-state index in [0.29, 0.717) is 36.8 Å². The summed E-state index contributed by atoms with van der Waals surface area (Å²) in [6.45, 7) is 11.2. The van der Waals surface area contributed by atoms with Gasteiger partial charge in [-0.05, 0) is 55.8 Å². The number of nitrogens with zero attached hydrogens (tertiary/aromatic N) is 3. The number of rotatable bonds is 8. The second kappa shape index (κ2) is 15.6. The lowest BCUT2D eigenvalue weighted by molar-refractivity contribution is -0.137. The van der Waals surface area contributed by atoms with E-state index in [1.54, 1.807) is 24.7 Å². The van der Waals surface area contributed by atoms with Crippen molar-refractivity contribution in [1.29, 1.82) is 0 Å². The van der Waals surface area contributed by atoms with Gasteiger partial charge in [-0.1, -0.05) is 57.2 Å². The van der Waals surface area contributed by atoms with E-state index in [1.807, 2.05) is 24.9 Å². The van der Waals surface area contributed by atoms with Gasteiger partial charge in [-0.25, -0.2) is 8.78 Å². The fourth-order valence-corrected chi connectivity index (χ4v) is 5.80. The third-order valence-electron chi connectivity index (χ3n) is 9.05. The molecule has 0 saturated carbocycles. The number of alkyl halides is 3. The van der Waals surface area contributed by atoms with Crippen molar-refractivity contribution in [2.75, 3.05) is 51.8 Å². The molecule has 0 radical (unpaired) electrons. The van der Waals surface area contributed by atoms with Crippen molar-refractivity contribution in [1.82, 2.24) is 9.47 Å². The molecule has 0 spiro atoms. The van der Waals surface area contributed by atoms with Crippen molar-refractivity contribution in [2.24, 2.45) is 5.73 Å². The van der Waals surface area contributed by atoms with Crippen LogP contribution in [0, 0.1) is 11.6 Å². The topological polar surface area (TPSA) is 63.7 Å². The van der Waals surface area contributed by atoms with Crippen LogP contribution in [0.3, 0.4) is 0 Å². The van der Waals surface area contributed by atoms with E-state index >= 15 is 4.39 Å². The Labute approximate surface area is 284 Å². The van der Waals surface area contributed by atoms with Crippen LogP contribution in [0.4, 0.5) is 27.6 Å². The van der Waals surface area contributed by atoms with E-state index < -0.39 is 28.8 Å². The smallest absolute Gasteiger partial charge is 0.398 e. The molecule has 2 heterocycles. The van der Waals surface area contributed by atoms with Crippen molar-refractivity contribution in [3.05, 3.63) is 117 Å². The molecule has 0 unspecified atom stereocenters. The zero-order valence-corrected chi connectivity index (χ0v) is 28.9. The number of halogens is 5. The summed E-state index contributed by atoms with van der Waals surface area (Å²) in [5.41, 5.74) is 7.90. The minimum atomic E-state index is -4.68. The monoisotopic (exact) mass is 684 g/mol. The highest BCUT2D eigenvalue weighted by Gasteiger charge is 2.31. The molecule has 0 amide bonds. The van der Waals surface area contributed by atoms with Gasteiger partial charge in [0.05, 0.1) is 35.5 Å². The van der Waals surface area contributed by atoms with Crippen LogP contribution >= 0.6 is 0 Å². The third kappa shape index (κ3) is 8.88. The zero-order chi connectivity index (χ0) is 36.1. The predicted molar refractivity (Wildman–Crippen MR) is 187 cm³/mol. The number of nitrogens with two attached hydrogens (primary N) is 1. The van der Waals surface area contributed by atoms with Crippen LogP contribution in [0.1, 0.15) is 56.4 Å². The molecule has 0 bridgehead atoms. The van der Waals surface area contributed by atoms with Gasteiger partial charge in [0, 0.05) is 61.5 Å². The maximum atomic E-state index is 15.3. The Morgan fingerprint density at radius 1 is 0.918 bits per heavy atom. The number of hydrogen-bond acceptors (Lipinski definition) is 5. The van der Waals surface area contributed by atoms with Gasteiger partial charge >= 0.3 is 6.18 Å². The van der Waals surface area contributed by atoms with E-state index in [2.05, 4.69) is 43.0 Å². The van der Waals surface area contributed by atoms with Crippen molar-refractivity contribution < 1.29 is 26.7 Å². The Morgan fingerprint density at radius 2 is 1.57 bits per heavy atom. The first-order valence-corrected chi connectivity index (χ1v) is 16.2. The molecule has 4 aromatic rings. The van der Waals surface area contributed by atoms with E-state index in [0.717, 1.165) is 37.4 Å². The van der Waals surface area contributed by atoms with Crippen LogP contribution in [0.25, 0.3) is 16.6 Å². The fraction of sp³-hybridized carbons (Fsp3) is 0.395. The fourth-order valence-electron chi connectivity index (χ4n) is 5.80. The summed E-state index contributed by atoms with van der Waals surface area (Å²) in [7, 11) is 3.72. The molecule has 3 aromatic carbocycles. The van der Waals surface area contributed by atoms with Gasteiger partial charge in [-0.2, -0.15) is 13.2 Å². The average Bonchev–Trinajstić information content (AvgIpc) is 3.06. The maximum absolute atomic E-state index is 15.3. The van der Waals surface area contributed by atoms with E-state index in [1.165, 1.54) is 17.8 Å². The molecule has 1 aliphatic heterocycles. The standard InChI is InChI=1S/C27H29F5N4O.C11H16O/c1-4-16(2)25(33)20-15-36(14-17-5-6-18(11-21(17)28)27(30,31)32)23-13-24(22(29)12-19(23)26(20)37)35-9-7-34(3)8-10-35;1-11(2,9-12-3)10-7-5-4-6-8-10/h5-6,11-13,15H,4,7-10,14,33H2,1-3H3;4-8H,9H2,1-3H3. The number of hydrogen-bond donors (Lipinski definition) is 1. The lowest BCUT2D eigenvalue weighted by atomic mass is 9.86. The molecule has 1 aliphatic rings. The second-order valence-electron chi connectivity index (χ2n) is 13.1. The summed E-state index contributed by atoms with van der Waals surface area (Å²) in [5.74, 6) is -1.59. The Hall–Kier alpha value is -4.22. The van der Waals surface area contributed by atoms with Gasteiger partial charge in [0.1, 0.15) is 11.6 Å². The number of fused-ring (bicyclic) bond motifs is 1. The van der Waals surface area contributed by atoms with Crippen molar-refractivity contribution in [2.45, 2.75) is 52.3 Å². The van der Waals surface area contributed by atoms with Crippen LogP contribution in [-0.2, 0) is 22.9 Å². The number of aromatic nitrogens is 1. The summed E-state index contributed by atoms with van der Waals surface area (Å²) in [4.78, 5) is 17.4. The number of anilines is 1. The van der Waals surface area contributed by atoms with Crippen LogP contribution in [0.5, 0.6) is 0 Å². The van der Waals surface area contributed by atoms with E-state index in [4.69, 9.17) is 10.5 Å². The third-order valence-corrected chi connectivity index (χ3v) is 9.05. The molecular weight excluding hydrogens is 639 g/mol. The normalized spacial score (nSPS) is 14.8.